The Morgan fingerprint density at radius 2 is 0.891 bits per heavy atom. The molecule has 11 rings (SSSR count). The number of fused-ring (bicyclic) bond motifs is 9. The summed E-state index contributed by atoms with van der Waals surface area (Å²) in [5, 5.41) is 2.17. The van der Waals surface area contributed by atoms with E-state index in [1.165, 1.54) is 44.5 Å². The van der Waals surface area contributed by atoms with E-state index < -0.39 is 0 Å². The van der Waals surface area contributed by atoms with Gasteiger partial charge < -0.3 is 4.42 Å². The van der Waals surface area contributed by atoms with E-state index in [1.807, 2.05) is 12.1 Å². The third-order valence-corrected chi connectivity index (χ3v) is 12.2. The summed E-state index contributed by atoms with van der Waals surface area (Å²) >= 11 is 0. The molecule has 0 fully saturated rings. The maximum absolute atomic E-state index is 6.54. The van der Waals surface area contributed by atoms with Crippen LogP contribution in [0.15, 0.2) is 156 Å². The smallest absolute Gasteiger partial charge is 0.164 e. The SMILES string of the molecule is CC1(C)c2ccccc2-c2cc(-c3nc(-c4ccc5c(c4)C(C)(C)c4ccccc4-5)nc(-c4ccc5c(c4)oc4cccc(-c6ccccc6)c45)n3)ccc21. The van der Waals surface area contributed by atoms with Crippen LogP contribution in [-0.2, 0) is 10.8 Å². The first-order chi connectivity index (χ1) is 26.8. The topological polar surface area (TPSA) is 51.8 Å². The van der Waals surface area contributed by atoms with Crippen LogP contribution in [0, 0.1) is 0 Å². The number of hydrogen-bond acceptors (Lipinski definition) is 4. The summed E-state index contributed by atoms with van der Waals surface area (Å²) < 4.78 is 6.54. The van der Waals surface area contributed by atoms with Gasteiger partial charge in [-0.2, -0.15) is 0 Å². The summed E-state index contributed by atoms with van der Waals surface area (Å²) in [6.45, 7) is 9.23. The molecule has 0 atom stereocenters. The summed E-state index contributed by atoms with van der Waals surface area (Å²) in [6.07, 6.45) is 0. The second-order valence-corrected chi connectivity index (χ2v) is 16.0. The number of benzene rings is 7. The van der Waals surface area contributed by atoms with E-state index in [2.05, 4.69) is 167 Å². The van der Waals surface area contributed by atoms with Gasteiger partial charge in [-0.05, 0) is 86.0 Å². The Balaban J connectivity index is 1.10. The van der Waals surface area contributed by atoms with Gasteiger partial charge in [-0.1, -0.05) is 149 Å². The van der Waals surface area contributed by atoms with Crippen LogP contribution in [-0.4, -0.2) is 15.0 Å². The number of hydrogen-bond donors (Lipinski definition) is 0. The fraction of sp³-hybridized carbons (Fsp3) is 0.118. The van der Waals surface area contributed by atoms with Gasteiger partial charge in [-0.25, -0.2) is 15.0 Å². The van der Waals surface area contributed by atoms with Gasteiger partial charge in [0.1, 0.15) is 11.2 Å². The molecule has 55 heavy (non-hydrogen) atoms. The third kappa shape index (κ3) is 4.67. The molecule has 0 spiro atoms. The molecule has 262 valence electrons. The van der Waals surface area contributed by atoms with Crippen molar-refractivity contribution in [2.75, 3.05) is 0 Å². The van der Waals surface area contributed by atoms with Crippen molar-refractivity contribution < 1.29 is 4.42 Å². The minimum Gasteiger partial charge on any atom is -0.456 e. The average molecular weight is 708 g/mol. The van der Waals surface area contributed by atoms with Gasteiger partial charge in [0.2, 0.25) is 0 Å². The van der Waals surface area contributed by atoms with Gasteiger partial charge in [-0.3, -0.25) is 0 Å². The van der Waals surface area contributed by atoms with Gasteiger partial charge in [-0.15, -0.1) is 0 Å². The van der Waals surface area contributed by atoms with Crippen LogP contribution in [0.25, 0.3) is 89.5 Å². The molecule has 0 bridgehead atoms. The summed E-state index contributed by atoms with van der Waals surface area (Å²) in [7, 11) is 0. The lowest BCUT2D eigenvalue weighted by Gasteiger charge is -2.22. The molecule has 2 aliphatic carbocycles. The van der Waals surface area contributed by atoms with E-state index >= 15 is 0 Å². The molecule has 0 saturated heterocycles. The zero-order chi connectivity index (χ0) is 37.1. The quantitative estimate of drug-likeness (QED) is 0.183. The molecule has 2 aliphatic rings. The highest BCUT2D eigenvalue weighted by molar-refractivity contribution is 6.13. The van der Waals surface area contributed by atoms with E-state index in [1.54, 1.807) is 0 Å². The van der Waals surface area contributed by atoms with Crippen molar-refractivity contribution >= 4 is 21.9 Å². The van der Waals surface area contributed by atoms with Crippen molar-refractivity contribution in [3.05, 3.63) is 174 Å². The van der Waals surface area contributed by atoms with Crippen LogP contribution in [0.3, 0.4) is 0 Å². The van der Waals surface area contributed by atoms with Crippen molar-refractivity contribution in [1.82, 2.24) is 15.0 Å². The number of rotatable bonds is 4. The van der Waals surface area contributed by atoms with E-state index in [0.29, 0.717) is 17.5 Å². The zero-order valence-corrected chi connectivity index (χ0v) is 31.2. The van der Waals surface area contributed by atoms with Crippen LogP contribution in [0.4, 0.5) is 0 Å². The van der Waals surface area contributed by atoms with Crippen LogP contribution in [0.2, 0.25) is 0 Å². The summed E-state index contributed by atoms with van der Waals surface area (Å²) in [4.78, 5) is 15.7. The number of aromatic nitrogens is 3. The Labute approximate surface area is 320 Å². The number of nitrogens with zero attached hydrogens (tertiary/aromatic N) is 3. The highest BCUT2D eigenvalue weighted by Gasteiger charge is 2.37. The first-order valence-electron chi connectivity index (χ1n) is 19.0. The standard InChI is InChI=1S/C51H37N3O/c1-50(2)41-19-11-9-16-36(41)39-27-31(23-26-42(39)50)47-52-48(32-21-24-37-35-15-8-10-18-40(35)51(3,4)43(37)28-32)54-49(53-47)33-22-25-38-45(29-33)55-44-20-12-17-34(46(38)44)30-13-6-5-7-14-30/h5-29H,1-4H3. The minimum absolute atomic E-state index is 0.0863. The molecule has 0 unspecified atom stereocenters. The van der Waals surface area contributed by atoms with E-state index in [0.717, 1.165) is 49.8 Å². The molecule has 9 aromatic rings. The van der Waals surface area contributed by atoms with Crippen molar-refractivity contribution in [3.63, 3.8) is 0 Å². The van der Waals surface area contributed by atoms with E-state index in [4.69, 9.17) is 19.4 Å². The molecule has 0 saturated carbocycles. The monoisotopic (exact) mass is 707 g/mol. The third-order valence-electron chi connectivity index (χ3n) is 12.2. The Kier molecular flexibility index (Phi) is 6.61. The fourth-order valence-electron chi connectivity index (χ4n) is 9.29. The van der Waals surface area contributed by atoms with Crippen LogP contribution >= 0.6 is 0 Å². The molecule has 7 aromatic carbocycles. The van der Waals surface area contributed by atoms with Crippen molar-refractivity contribution in [2.24, 2.45) is 0 Å². The Bertz CT molecular complexity index is 3040. The first-order valence-corrected chi connectivity index (χ1v) is 19.0. The average Bonchev–Trinajstić information content (AvgIpc) is 3.80. The van der Waals surface area contributed by atoms with E-state index in [9.17, 15) is 0 Å². The van der Waals surface area contributed by atoms with Gasteiger partial charge in [0.15, 0.2) is 17.5 Å². The van der Waals surface area contributed by atoms with Crippen LogP contribution < -0.4 is 0 Å². The minimum atomic E-state index is -0.147. The van der Waals surface area contributed by atoms with Crippen molar-refractivity contribution in [2.45, 2.75) is 38.5 Å². The summed E-state index contributed by atoms with van der Waals surface area (Å²) in [6, 6.07) is 54.0. The maximum atomic E-state index is 6.54. The largest absolute Gasteiger partial charge is 0.456 e. The summed E-state index contributed by atoms with van der Waals surface area (Å²) in [5.41, 5.74) is 16.9. The molecular formula is C51H37N3O. The highest BCUT2D eigenvalue weighted by atomic mass is 16.3. The predicted molar refractivity (Wildman–Crippen MR) is 224 cm³/mol. The van der Waals surface area contributed by atoms with Crippen LogP contribution in [0.1, 0.15) is 49.9 Å². The van der Waals surface area contributed by atoms with Crippen LogP contribution in [0.5, 0.6) is 0 Å². The molecule has 0 aliphatic heterocycles. The molecule has 0 radical (unpaired) electrons. The molecule has 0 N–H and O–H groups in total. The van der Waals surface area contributed by atoms with Crippen molar-refractivity contribution in [1.29, 1.82) is 0 Å². The maximum Gasteiger partial charge on any atom is 0.164 e. The molecule has 2 heterocycles. The number of furan rings is 1. The lowest BCUT2D eigenvalue weighted by molar-refractivity contribution is 0.660. The first kappa shape index (κ1) is 31.8. The summed E-state index contributed by atoms with van der Waals surface area (Å²) in [5.74, 6) is 1.89. The molecule has 0 amide bonds. The predicted octanol–water partition coefficient (Wildman–Crippen LogP) is 13.1. The fourth-order valence-corrected chi connectivity index (χ4v) is 9.29. The Morgan fingerprint density at radius 1 is 0.364 bits per heavy atom. The van der Waals surface area contributed by atoms with Gasteiger partial charge in [0.05, 0.1) is 0 Å². The van der Waals surface area contributed by atoms with Gasteiger partial charge >= 0.3 is 0 Å². The second kappa shape index (κ2) is 11.4. The molecule has 4 heteroatoms. The highest BCUT2D eigenvalue weighted by Crippen LogP contribution is 2.51. The molecule has 2 aromatic heterocycles. The molecule has 4 nitrogen and oxygen atoms in total. The lowest BCUT2D eigenvalue weighted by Crippen LogP contribution is -2.15. The van der Waals surface area contributed by atoms with E-state index in [-0.39, 0.29) is 10.8 Å². The van der Waals surface area contributed by atoms with Gasteiger partial charge in [0, 0.05) is 38.3 Å². The van der Waals surface area contributed by atoms with Gasteiger partial charge in [0.25, 0.3) is 0 Å². The van der Waals surface area contributed by atoms with Crippen molar-refractivity contribution in [3.8, 4) is 67.5 Å². The second-order valence-electron chi connectivity index (χ2n) is 16.0. The normalized spacial score (nSPS) is 14.5. The lowest BCUT2D eigenvalue weighted by atomic mass is 9.82. The Hall–Kier alpha value is -6.65. The Morgan fingerprint density at radius 3 is 1.62 bits per heavy atom. The molecular weight excluding hydrogens is 671 g/mol. The zero-order valence-electron chi connectivity index (χ0n) is 31.2.